The van der Waals surface area contributed by atoms with Gasteiger partial charge in [-0.15, -0.1) is 0 Å². The third kappa shape index (κ3) is 5.16. The number of hydrogen-bond donors (Lipinski definition) is 2. The van der Waals surface area contributed by atoms with Crippen LogP contribution in [0.15, 0.2) is 91.3 Å². The molecule has 0 spiro atoms. The summed E-state index contributed by atoms with van der Waals surface area (Å²) in [6.07, 6.45) is 2.91. The fourth-order valence-electron chi connectivity index (χ4n) is 4.93. The van der Waals surface area contributed by atoms with E-state index >= 15 is 0 Å². The van der Waals surface area contributed by atoms with Crippen LogP contribution in [0, 0.1) is 22.9 Å². The highest BCUT2D eigenvalue weighted by Crippen LogP contribution is 2.37. The van der Waals surface area contributed by atoms with Crippen molar-refractivity contribution in [2.75, 3.05) is 7.05 Å². The van der Waals surface area contributed by atoms with Crippen LogP contribution >= 0.6 is 0 Å². The summed E-state index contributed by atoms with van der Waals surface area (Å²) in [5.41, 5.74) is 0.680. The molecular formula is C31H26F3N5O2. The number of amides is 2. The summed E-state index contributed by atoms with van der Waals surface area (Å²) in [6, 6.07) is 17.8. The summed E-state index contributed by atoms with van der Waals surface area (Å²) >= 11 is 0. The Bertz CT molecular complexity index is 1560. The van der Waals surface area contributed by atoms with Crippen LogP contribution in [0.5, 0.6) is 0 Å². The first-order valence-electron chi connectivity index (χ1n) is 12.8. The third-order valence-corrected chi connectivity index (χ3v) is 7.33. The fourth-order valence-corrected chi connectivity index (χ4v) is 4.93. The van der Waals surface area contributed by atoms with Gasteiger partial charge >= 0.3 is 0 Å². The lowest BCUT2D eigenvalue weighted by Crippen LogP contribution is -2.45. The van der Waals surface area contributed by atoms with E-state index in [-0.39, 0.29) is 35.8 Å². The van der Waals surface area contributed by atoms with Gasteiger partial charge in [0.2, 0.25) is 0 Å². The summed E-state index contributed by atoms with van der Waals surface area (Å²) < 4.78 is 40.9. The van der Waals surface area contributed by atoms with Crippen LogP contribution in [-0.2, 0) is 16.9 Å². The normalized spacial score (nSPS) is 15.0. The molecule has 1 aliphatic rings. The molecule has 0 aliphatic carbocycles. The van der Waals surface area contributed by atoms with Crippen molar-refractivity contribution in [1.82, 2.24) is 20.1 Å². The molecule has 4 aromatic rings. The summed E-state index contributed by atoms with van der Waals surface area (Å²) in [5, 5.41) is 11.6. The van der Waals surface area contributed by atoms with E-state index < -0.39 is 23.1 Å². The molecule has 1 fully saturated rings. The number of pyridine rings is 1. The van der Waals surface area contributed by atoms with Crippen LogP contribution in [0.25, 0.3) is 0 Å². The zero-order chi connectivity index (χ0) is 29.3. The first kappa shape index (κ1) is 27.6. The van der Waals surface area contributed by atoms with E-state index in [0.717, 1.165) is 5.56 Å². The molecule has 3 aromatic carbocycles. The average Bonchev–Trinajstić information content (AvgIpc) is 3.23. The fraction of sp³-hybridized carbons (Fsp3) is 0.161. The number of aromatic nitrogens is 1. The van der Waals surface area contributed by atoms with Crippen molar-refractivity contribution in [3.8, 4) is 0 Å². The zero-order valence-electron chi connectivity index (χ0n) is 22.2. The van der Waals surface area contributed by atoms with Crippen LogP contribution in [0.3, 0.4) is 0 Å². The van der Waals surface area contributed by atoms with Crippen molar-refractivity contribution in [3.63, 3.8) is 0 Å². The number of benzene rings is 3. The number of halogens is 3. The van der Waals surface area contributed by atoms with Gasteiger partial charge in [-0.25, -0.2) is 13.2 Å². The molecule has 208 valence electrons. The molecule has 1 aliphatic heterocycles. The average molecular weight is 558 g/mol. The summed E-state index contributed by atoms with van der Waals surface area (Å²) in [6.45, 7) is 1.74. The molecule has 1 aromatic heterocycles. The molecule has 41 heavy (non-hydrogen) atoms. The van der Waals surface area contributed by atoms with Gasteiger partial charge in [-0.2, -0.15) is 0 Å². The highest BCUT2D eigenvalue weighted by atomic mass is 19.1. The van der Waals surface area contributed by atoms with E-state index in [2.05, 4.69) is 10.3 Å². The van der Waals surface area contributed by atoms with E-state index in [9.17, 15) is 22.8 Å². The minimum absolute atomic E-state index is 0.0832. The van der Waals surface area contributed by atoms with Crippen molar-refractivity contribution >= 4 is 17.8 Å². The van der Waals surface area contributed by atoms with E-state index in [0.29, 0.717) is 16.7 Å². The number of nitrogens with one attached hydrogen (secondary N) is 2. The lowest BCUT2D eigenvalue weighted by atomic mass is 9.82. The van der Waals surface area contributed by atoms with Crippen molar-refractivity contribution in [2.24, 2.45) is 0 Å². The molecular weight excluding hydrogens is 531 g/mol. The monoisotopic (exact) mass is 557 g/mol. The summed E-state index contributed by atoms with van der Waals surface area (Å²) in [7, 11) is 1.63. The predicted molar refractivity (Wildman–Crippen MR) is 146 cm³/mol. The number of carbonyl (C=O) groups is 2. The Hall–Kier alpha value is -4.99. The largest absolute Gasteiger partial charge is 0.335 e. The Kier molecular flexibility index (Phi) is 7.32. The molecule has 1 saturated heterocycles. The Balaban J connectivity index is 1.42. The van der Waals surface area contributed by atoms with E-state index in [1.807, 2.05) is 6.92 Å². The highest BCUT2D eigenvalue weighted by molar-refractivity contribution is 6.10. The molecule has 0 saturated carbocycles. The quantitative estimate of drug-likeness (QED) is 0.329. The van der Waals surface area contributed by atoms with Crippen LogP contribution in [0.4, 0.5) is 13.2 Å². The maximum atomic E-state index is 14.0. The van der Waals surface area contributed by atoms with Crippen molar-refractivity contribution in [3.05, 3.63) is 137 Å². The highest BCUT2D eigenvalue weighted by Gasteiger charge is 2.52. The lowest BCUT2D eigenvalue weighted by Gasteiger charge is -2.28. The maximum Gasteiger partial charge on any atom is 0.264 e. The SMILES string of the molecule is C[C@H](c1ccc(F)cc1)N(C)C(=O)c1cncc(CN2C(=N)NC(c3ccc(F)cc3)(c3ccc(F)cc3)C2=O)c1. The van der Waals surface area contributed by atoms with Crippen LogP contribution in [-0.4, -0.2) is 39.6 Å². The minimum atomic E-state index is -1.59. The Morgan fingerprint density at radius 1 is 0.927 bits per heavy atom. The van der Waals surface area contributed by atoms with Gasteiger partial charge in [-0.1, -0.05) is 36.4 Å². The molecule has 7 nitrogen and oxygen atoms in total. The third-order valence-electron chi connectivity index (χ3n) is 7.33. The van der Waals surface area contributed by atoms with Gasteiger partial charge < -0.3 is 10.2 Å². The maximum absolute atomic E-state index is 14.0. The molecule has 0 unspecified atom stereocenters. The van der Waals surface area contributed by atoms with Gasteiger partial charge in [0.1, 0.15) is 17.5 Å². The van der Waals surface area contributed by atoms with Gasteiger partial charge in [0, 0.05) is 19.4 Å². The number of hydrogen-bond acceptors (Lipinski definition) is 4. The van der Waals surface area contributed by atoms with Gasteiger partial charge in [0.05, 0.1) is 18.2 Å². The summed E-state index contributed by atoms with van der Waals surface area (Å²) in [4.78, 5) is 34.2. The molecule has 2 N–H and O–H groups in total. The van der Waals surface area contributed by atoms with Gasteiger partial charge in [-0.05, 0) is 71.6 Å². The Morgan fingerprint density at radius 2 is 1.44 bits per heavy atom. The number of rotatable bonds is 7. The number of guanidine groups is 1. The molecule has 10 heteroatoms. The predicted octanol–water partition coefficient (Wildman–Crippen LogP) is 5.14. The van der Waals surface area contributed by atoms with Crippen molar-refractivity contribution < 1.29 is 22.8 Å². The zero-order valence-corrected chi connectivity index (χ0v) is 22.2. The number of nitrogens with zero attached hydrogens (tertiary/aromatic N) is 3. The minimum Gasteiger partial charge on any atom is -0.335 e. The van der Waals surface area contributed by atoms with Gasteiger partial charge in [0.15, 0.2) is 11.5 Å². The molecule has 1 atom stereocenters. The van der Waals surface area contributed by atoms with E-state index in [1.54, 1.807) is 25.2 Å². The smallest absolute Gasteiger partial charge is 0.264 e. The second-order valence-electron chi connectivity index (χ2n) is 9.85. The Labute approximate surface area is 234 Å². The molecule has 0 radical (unpaired) electrons. The summed E-state index contributed by atoms with van der Waals surface area (Å²) in [5.74, 6) is -2.43. The molecule has 2 amide bonds. The number of carbonyl (C=O) groups excluding carboxylic acids is 2. The molecule has 5 rings (SSSR count). The van der Waals surface area contributed by atoms with Gasteiger partial charge in [0.25, 0.3) is 11.8 Å². The lowest BCUT2D eigenvalue weighted by molar-refractivity contribution is -0.130. The van der Waals surface area contributed by atoms with E-state index in [1.165, 1.54) is 82.9 Å². The van der Waals surface area contributed by atoms with Crippen molar-refractivity contribution in [2.45, 2.75) is 25.0 Å². The second-order valence-corrected chi connectivity index (χ2v) is 9.85. The second kappa shape index (κ2) is 10.9. The van der Waals surface area contributed by atoms with Crippen LogP contribution in [0.1, 0.15) is 45.6 Å². The van der Waals surface area contributed by atoms with Crippen molar-refractivity contribution in [1.29, 1.82) is 5.41 Å². The molecule has 0 bridgehead atoms. The molecule has 2 heterocycles. The Morgan fingerprint density at radius 3 is 1.98 bits per heavy atom. The first-order valence-corrected chi connectivity index (χ1v) is 12.8. The standard InChI is InChI=1S/C31H26F3N5O2/c1-19(21-3-9-25(32)10-4-21)38(2)28(40)22-15-20(16-36-17-22)18-39-29(41)31(37-30(39)35,23-5-11-26(33)12-6-23)24-7-13-27(34)14-8-24/h3-17,19H,18H2,1-2H3,(H2,35,37)/t19-/m1/s1. The van der Waals surface area contributed by atoms with Crippen LogP contribution in [0.2, 0.25) is 0 Å². The van der Waals surface area contributed by atoms with E-state index in [4.69, 9.17) is 5.41 Å². The first-order chi connectivity index (χ1) is 19.6. The topological polar surface area (TPSA) is 89.4 Å². The van der Waals surface area contributed by atoms with Crippen LogP contribution < -0.4 is 5.32 Å². The van der Waals surface area contributed by atoms with Gasteiger partial charge in [-0.3, -0.25) is 24.9 Å².